The number of aromatic amines is 1. The van der Waals surface area contributed by atoms with E-state index in [0.29, 0.717) is 28.0 Å². The highest BCUT2D eigenvalue weighted by Gasteiger charge is 2.13. The monoisotopic (exact) mass is 297 g/mol. The van der Waals surface area contributed by atoms with E-state index in [0.717, 1.165) is 17.2 Å². The number of H-pyrrole nitrogens is 1. The second kappa shape index (κ2) is 6.37. The first-order valence-electron chi connectivity index (χ1n) is 5.57. The molecule has 0 bridgehead atoms. The Morgan fingerprint density at radius 3 is 3.00 bits per heavy atom. The molecule has 9 heteroatoms. The molecule has 1 aromatic carbocycles. The van der Waals surface area contributed by atoms with Crippen molar-refractivity contribution in [2.75, 3.05) is 12.9 Å². The number of aliphatic carboxylic acids is 1. The number of quaternary nitrogens is 1. The van der Waals surface area contributed by atoms with Crippen LogP contribution in [0, 0.1) is 0 Å². The average molecular weight is 297 g/mol. The Kier molecular flexibility index (Phi) is 4.56. The number of carboxylic acid groups (broad SMARTS) is 1. The maximum Gasteiger partial charge on any atom is 0.313 e. The summed E-state index contributed by atoms with van der Waals surface area (Å²) in [5, 5.41) is 24.6. The zero-order valence-corrected chi connectivity index (χ0v) is 11.3. The van der Waals surface area contributed by atoms with Gasteiger partial charge in [0.15, 0.2) is 11.5 Å². The number of methoxy groups -OCH3 is 1. The van der Waals surface area contributed by atoms with Crippen molar-refractivity contribution < 1.29 is 25.3 Å². The topological polar surface area (TPSA) is 125 Å². The molecule has 20 heavy (non-hydrogen) atoms. The summed E-state index contributed by atoms with van der Waals surface area (Å²) in [6, 6.07) is 5.08. The van der Waals surface area contributed by atoms with Crippen molar-refractivity contribution in [3.8, 4) is 17.1 Å². The Morgan fingerprint density at radius 1 is 1.55 bits per heavy atom. The van der Waals surface area contributed by atoms with Gasteiger partial charge in [-0.05, 0) is 6.07 Å². The summed E-state index contributed by atoms with van der Waals surface area (Å²) in [5.41, 5.74) is 2.25. The summed E-state index contributed by atoms with van der Waals surface area (Å²) in [4.78, 5) is 14.7. The molecule has 0 radical (unpaired) electrons. The molecule has 0 atom stereocenters. The smallest absolute Gasteiger partial charge is 0.313 e. The van der Waals surface area contributed by atoms with Crippen LogP contribution in [0.25, 0.3) is 11.4 Å². The third kappa shape index (κ3) is 3.26. The van der Waals surface area contributed by atoms with Crippen LogP contribution in [0.1, 0.15) is 0 Å². The first-order chi connectivity index (χ1) is 9.63. The fourth-order valence-corrected chi connectivity index (χ4v) is 2.06. The zero-order chi connectivity index (χ0) is 14.5. The molecule has 1 aromatic heterocycles. The molecule has 5 N–H and O–H groups in total. The molecule has 2 rings (SSSR count). The number of nitrogens with zero attached hydrogens (tertiary/aromatic N) is 2. The van der Waals surface area contributed by atoms with Crippen LogP contribution in [0.15, 0.2) is 23.4 Å². The molecule has 0 amide bonds. The van der Waals surface area contributed by atoms with E-state index in [-0.39, 0.29) is 5.75 Å². The Hall–Kier alpha value is -2.10. The number of carbonyl (C=O) groups is 1. The van der Waals surface area contributed by atoms with Crippen LogP contribution in [0.5, 0.6) is 5.75 Å². The molecule has 106 valence electrons. The lowest BCUT2D eigenvalue weighted by atomic mass is 10.1. The van der Waals surface area contributed by atoms with Crippen LogP contribution in [-0.2, 0) is 4.79 Å². The van der Waals surface area contributed by atoms with E-state index in [1.807, 2.05) is 0 Å². The molecule has 0 unspecified atom stereocenters. The molecule has 0 aliphatic carbocycles. The van der Waals surface area contributed by atoms with Gasteiger partial charge in [-0.25, -0.2) is 10.2 Å². The highest BCUT2D eigenvalue weighted by Crippen LogP contribution is 2.29. The minimum atomic E-state index is -0.929. The highest BCUT2D eigenvalue weighted by atomic mass is 32.2. The van der Waals surface area contributed by atoms with Gasteiger partial charge in [-0.2, -0.15) is 5.48 Å². The van der Waals surface area contributed by atoms with Gasteiger partial charge in [-0.3, -0.25) is 9.89 Å². The van der Waals surface area contributed by atoms with E-state index < -0.39 is 5.97 Å². The minimum absolute atomic E-state index is 0.104. The number of aromatic nitrogens is 3. The van der Waals surface area contributed by atoms with Crippen molar-refractivity contribution in [1.29, 1.82) is 0 Å². The Morgan fingerprint density at radius 2 is 2.35 bits per heavy atom. The number of ether oxygens (including phenoxy) is 1. The van der Waals surface area contributed by atoms with E-state index in [1.165, 1.54) is 7.11 Å². The zero-order valence-electron chi connectivity index (χ0n) is 10.5. The maximum absolute atomic E-state index is 10.5. The number of nitrogens with two attached hydrogens (primary N) is 1. The SMILES string of the molecule is COc1cc([NH2+]O)ccc1-c1nc(SCC(=O)O)n[nH]1. The Bertz CT molecular complexity index is 616. The third-order valence-corrected chi connectivity index (χ3v) is 3.25. The number of hydrogen-bond acceptors (Lipinski definition) is 6. The third-order valence-electron chi connectivity index (χ3n) is 2.42. The summed E-state index contributed by atoms with van der Waals surface area (Å²) in [6.07, 6.45) is 0. The minimum Gasteiger partial charge on any atom is -0.496 e. The van der Waals surface area contributed by atoms with E-state index in [2.05, 4.69) is 15.2 Å². The second-order valence-electron chi connectivity index (χ2n) is 3.74. The largest absolute Gasteiger partial charge is 0.496 e. The molecule has 2 aromatic rings. The number of carboxylic acids is 1. The standard InChI is InChI=1S/C11H12N4O4S/c1-19-8-4-6(15-18)2-3-7(8)10-12-11(14-13-10)20-5-9(16)17/h2-4,15,18H,5H2,1H3,(H,16,17)(H,12,13,14)/p+1. The second-order valence-corrected chi connectivity index (χ2v) is 4.68. The predicted molar refractivity (Wildman–Crippen MR) is 70.1 cm³/mol. The van der Waals surface area contributed by atoms with Crippen LogP contribution in [-0.4, -0.2) is 44.3 Å². The van der Waals surface area contributed by atoms with Crippen molar-refractivity contribution in [2.24, 2.45) is 0 Å². The first kappa shape index (κ1) is 14.3. The molecular formula is C11H13N4O4S+. The lowest BCUT2D eigenvalue weighted by Crippen LogP contribution is -2.73. The van der Waals surface area contributed by atoms with Crippen LogP contribution in [0.3, 0.4) is 0 Å². The summed E-state index contributed by atoms with van der Waals surface area (Å²) in [7, 11) is 1.51. The van der Waals surface area contributed by atoms with Gasteiger partial charge in [0.05, 0.1) is 18.4 Å². The molecule has 0 fully saturated rings. The van der Waals surface area contributed by atoms with Gasteiger partial charge < -0.3 is 9.84 Å². The fraction of sp³-hybridized carbons (Fsp3) is 0.182. The lowest BCUT2D eigenvalue weighted by Gasteiger charge is -2.05. The van der Waals surface area contributed by atoms with Gasteiger partial charge in [-0.1, -0.05) is 11.8 Å². The van der Waals surface area contributed by atoms with Gasteiger partial charge in [0.1, 0.15) is 5.75 Å². The van der Waals surface area contributed by atoms with Gasteiger partial charge in [0, 0.05) is 12.1 Å². The maximum atomic E-state index is 10.5. The molecule has 8 nitrogen and oxygen atoms in total. The normalized spacial score (nSPS) is 10.5. The summed E-state index contributed by atoms with van der Waals surface area (Å²) in [6.45, 7) is 0. The van der Waals surface area contributed by atoms with E-state index >= 15 is 0 Å². The molecule has 0 saturated carbocycles. The Balaban J connectivity index is 2.25. The van der Waals surface area contributed by atoms with Crippen LogP contribution >= 0.6 is 11.8 Å². The highest BCUT2D eigenvalue weighted by molar-refractivity contribution is 7.99. The number of nitrogens with one attached hydrogen (secondary N) is 1. The number of benzene rings is 1. The quantitative estimate of drug-likeness (QED) is 0.342. The van der Waals surface area contributed by atoms with Crippen molar-refractivity contribution in [3.63, 3.8) is 0 Å². The molecular weight excluding hydrogens is 284 g/mol. The summed E-state index contributed by atoms with van der Waals surface area (Å²) in [5.74, 6) is -0.0351. The van der Waals surface area contributed by atoms with Crippen molar-refractivity contribution in [1.82, 2.24) is 15.2 Å². The van der Waals surface area contributed by atoms with Crippen LogP contribution in [0.4, 0.5) is 5.69 Å². The van der Waals surface area contributed by atoms with Gasteiger partial charge in [0.25, 0.3) is 0 Å². The summed E-state index contributed by atoms with van der Waals surface area (Å²) < 4.78 is 5.23. The molecule has 0 saturated heterocycles. The number of rotatable bonds is 6. The molecule has 0 aliphatic rings. The van der Waals surface area contributed by atoms with Gasteiger partial charge in [0.2, 0.25) is 5.16 Å². The van der Waals surface area contributed by atoms with E-state index in [9.17, 15) is 4.79 Å². The molecule has 0 aliphatic heterocycles. The average Bonchev–Trinajstić information content (AvgIpc) is 2.93. The fourth-order valence-electron chi connectivity index (χ4n) is 1.54. The van der Waals surface area contributed by atoms with Crippen LogP contribution in [0.2, 0.25) is 0 Å². The van der Waals surface area contributed by atoms with Crippen molar-refractivity contribution >= 4 is 23.4 Å². The van der Waals surface area contributed by atoms with Crippen molar-refractivity contribution in [3.05, 3.63) is 18.2 Å². The number of hydrogen-bond donors (Lipinski definition) is 4. The van der Waals surface area contributed by atoms with Crippen LogP contribution < -0.4 is 10.2 Å². The van der Waals surface area contributed by atoms with E-state index in [1.54, 1.807) is 18.2 Å². The summed E-state index contributed by atoms with van der Waals surface area (Å²) >= 11 is 1.03. The Labute approximate surface area is 118 Å². The first-order valence-corrected chi connectivity index (χ1v) is 6.55. The van der Waals surface area contributed by atoms with Gasteiger partial charge in [-0.15, -0.1) is 5.10 Å². The lowest BCUT2D eigenvalue weighted by molar-refractivity contribution is -0.825. The predicted octanol–water partition coefficient (Wildman–Crippen LogP) is 0.241. The molecule has 0 spiro atoms. The van der Waals surface area contributed by atoms with Crippen molar-refractivity contribution in [2.45, 2.75) is 5.16 Å². The molecule has 1 heterocycles. The van der Waals surface area contributed by atoms with E-state index in [4.69, 9.17) is 15.1 Å². The van der Waals surface area contributed by atoms with Gasteiger partial charge >= 0.3 is 5.97 Å². The number of thioether (sulfide) groups is 1.